The molecule has 0 aliphatic heterocycles. The number of nitrogens with two attached hydrogens (primary N) is 1. The quantitative estimate of drug-likeness (QED) is 0.222. The van der Waals surface area contributed by atoms with Gasteiger partial charge in [-0.2, -0.15) is 0 Å². The summed E-state index contributed by atoms with van der Waals surface area (Å²) in [5, 5.41) is 0.877. The van der Waals surface area contributed by atoms with Crippen molar-refractivity contribution in [2.75, 3.05) is 36.4 Å². The van der Waals surface area contributed by atoms with Crippen molar-refractivity contribution in [2.24, 2.45) is 5.73 Å². The minimum Gasteiger partial charge on any atom is -0.466 e. The number of hydrogen-bond donors (Lipinski definition) is 2. The molecule has 2 aromatic rings. The standard InChI is InChI=1S/C24H27B3Cl2FN3O3/c25-24(26,27)15-36-23(35)21(14-17-1-5-18(30)6-2-17)32-22(34)20(31)13-16-3-7-19(8-4-16)33(11-9-28)12-10-29/h1-8,20-21H,9-15,31H2,(H,32,34). The number of nitrogens with one attached hydrogen (secondary N) is 1. The van der Waals surface area contributed by atoms with Crippen molar-refractivity contribution in [2.45, 2.75) is 30.0 Å². The van der Waals surface area contributed by atoms with Gasteiger partial charge in [0.25, 0.3) is 0 Å². The SMILES string of the molecule is [B]C([B])([B])COC(=O)C(Cc1ccc(F)cc1)NC(=O)C(N)Cc1ccc(N(CCCl)CCCl)cc1. The molecule has 2 atom stereocenters. The molecule has 2 aromatic carbocycles. The minimum absolute atomic E-state index is 0.0377. The van der Waals surface area contributed by atoms with Gasteiger partial charge in [-0.25, -0.2) is 9.18 Å². The first-order valence-corrected chi connectivity index (χ1v) is 12.4. The molecule has 186 valence electrons. The lowest BCUT2D eigenvalue weighted by molar-refractivity contribution is -0.147. The van der Waals surface area contributed by atoms with Crippen molar-refractivity contribution < 1.29 is 18.7 Å². The molecule has 0 bridgehead atoms. The summed E-state index contributed by atoms with van der Waals surface area (Å²) in [5.74, 6) is -0.855. The Morgan fingerprint density at radius 2 is 1.50 bits per heavy atom. The number of ether oxygens (including phenoxy) is 1. The van der Waals surface area contributed by atoms with Crippen LogP contribution in [0.25, 0.3) is 0 Å². The molecule has 0 fully saturated rings. The van der Waals surface area contributed by atoms with Crippen LogP contribution >= 0.6 is 23.2 Å². The number of carbonyl (C=O) groups excluding carboxylic acids is 2. The van der Waals surface area contributed by atoms with Gasteiger partial charge >= 0.3 is 5.97 Å². The van der Waals surface area contributed by atoms with E-state index in [1.165, 1.54) is 24.3 Å². The van der Waals surface area contributed by atoms with Crippen LogP contribution in [0.4, 0.5) is 10.1 Å². The minimum atomic E-state index is -1.73. The first-order valence-electron chi connectivity index (χ1n) is 11.3. The maximum absolute atomic E-state index is 13.3. The lowest BCUT2D eigenvalue weighted by Crippen LogP contribution is -2.50. The van der Waals surface area contributed by atoms with E-state index >= 15 is 0 Å². The van der Waals surface area contributed by atoms with E-state index in [2.05, 4.69) is 10.2 Å². The largest absolute Gasteiger partial charge is 0.466 e. The number of rotatable bonds is 14. The zero-order valence-corrected chi connectivity index (χ0v) is 21.4. The molecule has 3 N–H and O–H groups in total. The summed E-state index contributed by atoms with van der Waals surface area (Å²) in [6, 6.07) is 11.0. The highest BCUT2D eigenvalue weighted by Crippen LogP contribution is 2.17. The molecular formula is C24H27B3Cl2FN3O3. The predicted molar refractivity (Wildman–Crippen MR) is 145 cm³/mol. The van der Waals surface area contributed by atoms with Gasteiger partial charge in [-0.1, -0.05) is 29.4 Å². The van der Waals surface area contributed by atoms with Gasteiger partial charge in [0.05, 0.1) is 36.2 Å². The van der Waals surface area contributed by atoms with Gasteiger partial charge in [-0.05, 0) is 41.8 Å². The molecule has 0 spiro atoms. The van der Waals surface area contributed by atoms with Gasteiger partial charge in [-0.15, -0.1) is 23.2 Å². The Morgan fingerprint density at radius 3 is 2.03 bits per heavy atom. The highest BCUT2D eigenvalue weighted by molar-refractivity contribution is 6.59. The molecule has 0 aliphatic carbocycles. The number of esters is 1. The normalized spacial score (nSPS) is 13.0. The fourth-order valence-corrected chi connectivity index (χ4v) is 3.80. The summed E-state index contributed by atoms with van der Waals surface area (Å²) < 4.78 is 18.3. The summed E-state index contributed by atoms with van der Waals surface area (Å²) in [6.07, 6.45) is 0.267. The molecule has 0 saturated carbocycles. The molecule has 6 radical (unpaired) electrons. The van der Waals surface area contributed by atoms with E-state index in [0.717, 1.165) is 11.3 Å². The molecular weight excluding hydrogens is 501 g/mol. The summed E-state index contributed by atoms with van der Waals surface area (Å²) >= 11 is 11.7. The second-order valence-corrected chi connectivity index (χ2v) is 9.21. The van der Waals surface area contributed by atoms with E-state index in [-0.39, 0.29) is 12.8 Å². The maximum Gasteiger partial charge on any atom is 0.328 e. The summed E-state index contributed by atoms with van der Waals surface area (Å²) in [7, 11) is 16.4. The molecule has 12 heteroatoms. The lowest BCUT2D eigenvalue weighted by atomic mass is 9.43. The fourth-order valence-electron chi connectivity index (χ4n) is 3.39. The highest BCUT2D eigenvalue weighted by Gasteiger charge is 2.27. The number of benzene rings is 2. The number of carbonyl (C=O) groups is 2. The Hall–Kier alpha value is -2.16. The van der Waals surface area contributed by atoms with Gasteiger partial charge in [0.2, 0.25) is 5.91 Å². The Labute approximate surface area is 225 Å². The van der Waals surface area contributed by atoms with E-state index in [1.54, 1.807) is 0 Å². The topological polar surface area (TPSA) is 84.7 Å². The van der Waals surface area contributed by atoms with Crippen molar-refractivity contribution in [1.82, 2.24) is 5.32 Å². The van der Waals surface area contributed by atoms with Gasteiger partial charge in [0, 0.05) is 37.0 Å². The summed E-state index contributed by atoms with van der Waals surface area (Å²) in [6.45, 7) is 0.839. The van der Waals surface area contributed by atoms with Gasteiger partial charge in [-0.3, -0.25) is 4.79 Å². The molecule has 0 aliphatic rings. The lowest BCUT2D eigenvalue weighted by Gasteiger charge is -2.24. The van der Waals surface area contributed by atoms with Crippen molar-refractivity contribution in [3.8, 4) is 0 Å². The maximum atomic E-state index is 13.3. The van der Waals surface area contributed by atoms with Crippen LogP contribution in [-0.4, -0.2) is 79.0 Å². The molecule has 0 heterocycles. The van der Waals surface area contributed by atoms with Gasteiger partial charge in [0.1, 0.15) is 11.9 Å². The van der Waals surface area contributed by atoms with Crippen LogP contribution in [0.1, 0.15) is 11.1 Å². The van der Waals surface area contributed by atoms with Crippen molar-refractivity contribution in [3.05, 3.63) is 65.5 Å². The second-order valence-electron chi connectivity index (χ2n) is 8.45. The summed E-state index contributed by atoms with van der Waals surface area (Å²) in [4.78, 5) is 27.5. The third-order valence-electron chi connectivity index (χ3n) is 5.22. The monoisotopic (exact) mass is 527 g/mol. The van der Waals surface area contributed by atoms with Gasteiger partial charge < -0.3 is 20.7 Å². The van der Waals surface area contributed by atoms with Crippen molar-refractivity contribution in [3.63, 3.8) is 0 Å². The fraction of sp³-hybridized carbons (Fsp3) is 0.417. The van der Waals surface area contributed by atoms with Crippen molar-refractivity contribution in [1.29, 1.82) is 0 Å². The van der Waals surface area contributed by atoms with Crippen LogP contribution in [0.2, 0.25) is 5.11 Å². The third-order valence-corrected chi connectivity index (χ3v) is 5.56. The smallest absolute Gasteiger partial charge is 0.328 e. The molecule has 0 saturated heterocycles. The number of alkyl halides is 2. The van der Waals surface area contributed by atoms with E-state index in [1.807, 2.05) is 24.3 Å². The average molecular weight is 528 g/mol. The van der Waals surface area contributed by atoms with Crippen LogP contribution in [0.5, 0.6) is 0 Å². The predicted octanol–water partition coefficient (Wildman–Crippen LogP) is 1.83. The number of hydrogen-bond acceptors (Lipinski definition) is 5. The number of amides is 1. The zero-order chi connectivity index (χ0) is 26.7. The van der Waals surface area contributed by atoms with Crippen LogP contribution in [0.15, 0.2) is 48.5 Å². The summed E-state index contributed by atoms with van der Waals surface area (Å²) in [5.41, 5.74) is 8.51. The van der Waals surface area contributed by atoms with E-state index in [9.17, 15) is 14.0 Å². The Kier molecular flexibility index (Phi) is 12.2. The molecule has 2 rings (SSSR count). The second kappa shape index (κ2) is 14.6. The van der Waals surface area contributed by atoms with Gasteiger partial charge in [0.15, 0.2) is 0 Å². The van der Waals surface area contributed by atoms with E-state index in [0.29, 0.717) is 30.4 Å². The molecule has 0 aromatic heterocycles. The van der Waals surface area contributed by atoms with Crippen molar-refractivity contribution >= 4 is 64.3 Å². The Morgan fingerprint density at radius 1 is 0.972 bits per heavy atom. The Bertz CT molecular complexity index is 973. The van der Waals surface area contributed by atoms with Crippen LogP contribution in [0, 0.1) is 5.82 Å². The number of anilines is 1. The zero-order valence-electron chi connectivity index (χ0n) is 19.8. The Balaban J connectivity index is 2.06. The molecule has 6 nitrogen and oxygen atoms in total. The van der Waals surface area contributed by atoms with Crippen LogP contribution < -0.4 is 16.0 Å². The first kappa shape index (κ1) is 30.1. The molecule has 1 amide bonds. The molecule has 36 heavy (non-hydrogen) atoms. The van der Waals surface area contributed by atoms with E-state index < -0.39 is 41.5 Å². The van der Waals surface area contributed by atoms with Crippen LogP contribution in [0.3, 0.4) is 0 Å². The highest BCUT2D eigenvalue weighted by atomic mass is 35.5. The average Bonchev–Trinajstić information content (AvgIpc) is 2.83. The number of nitrogens with zero attached hydrogens (tertiary/aromatic N) is 1. The number of halogens is 3. The molecule has 2 unspecified atom stereocenters. The van der Waals surface area contributed by atoms with Crippen LogP contribution in [-0.2, 0) is 27.2 Å². The first-order chi connectivity index (χ1) is 17.0. The van der Waals surface area contributed by atoms with E-state index in [4.69, 9.17) is 57.2 Å². The third kappa shape index (κ3) is 10.4.